The minimum atomic E-state index is -1.26. The van der Waals surface area contributed by atoms with Crippen molar-refractivity contribution in [2.24, 2.45) is 0 Å². The van der Waals surface area contributed by atoms with Crippen LogP contribution >= 0.6 is 0 Å². The smallest absolute Gasteiger partial charge is 0.328 e. The summed E-state index contributed by atoms with van der Waals surface area (Å²) in [5.41, 5.74) is 1.42. The number of carboxylic acids is 2. The van der Waals surface area contributed by atoms with Crippen LogP contribution in [0, 0.1) is 6.92 Å². The summed E-state index contributed by atoms with van der Waals surface area (Å²) < 4.78 is 5.93. The van der Waals surface area contributed by atoms with Gasteiger partial charge in [-0.25, -0.2) is 14.6 Å². The van der Waals surface area contributed by atoms with E-state index in [2.05, 4.69) is 9.88 Å². The predicted octanol–water partition coefficient (Wildman–Crippen LogP) is 0.887. The number of fused-ring (bicyclic) bond motifs is 1. The van der Waals surface area contributed by atoms with E-state index in [-0.39, 0.29) is 12.0 Å². The van der Waals surface area contributed by atoms with E-state index in [1.54, 1.807) is 11.0 Å². The predicted molar refractivity (Wildman–Crippen MR) is 97.9 cm³/mol. The molecule has 1 aromatic rings. The summed E-state index contributed by atoms with van der Waals surface area (Å²) in [5, 5.41) is 15.6. The van der Waals surface area contributed by atoms with Crippen LogP contribution in [-0.2, 0) is 9.59 Å². The van der Waals surface area contributed by atoms with E-state index in [1.165, 1.54) is 0 Å². The first-order valence-electron chi connectivity index (χ1n) is 8.28. The van der Waals surface area contributed by atoms with Crippen molar-refractivity contribution in [2.45, 2.75) is 19.4 Å². The van der Waals surface area contributed by atoms with E-state index in [0.29, 0.717) is 30.1 Å². The van der Waals surface area contributed by atoms with E-state index in [1.807, 2.05) is 34.1 Å². The molecule has 1 aromatic heterocycles. The molecule has 0 fully saturated rings. The molecule has 0 spiro atoms. The maximum atomic E-state index is 12.2. The molecule has 0 radical (unpaired) electrons. The fraction of sp³-hybridized carbons (Fsp3) is 0.444. The van der Waals surface area contributed by atoms with Crippen molar-refractivity contribution in [2.75, 3.05) is 34.2 Å². The quantitative estimate of drug-likeness (QED) is 0.724. The lowest BCUT2D eigenvalue weighted by Crippen LogP contribution is -2.35. The highest BCUT2D eigenvalue weighted by Gasteiger charge is 2.27. The number of aromatic nitrogens is 1. The maximum Gasteiger partial charge on any atom is 0.328 e. The Balaban J connectivity index is 0.000000387. The molecule has 9 nitrogen and oxygen atoms in total. The number of carbonyl (C=O) groups is 3. The largest absolute Gasteiger partial charge is 0.478 e. The van der Waals surface area contributed by atoms with E-state index in [9.17, 15) is 14.4 Å². The lowest BCUT2D eigenvalue weighted by atomic mass is 10.2. The second kappa shape index (κ2) is 10.3. The SMILES string of the molecule is Cc1ccc2c(n1)OC(CCN(C)C)CN(C)C2=O.O=C(O)/C=C/C(=O)O. The number of hydrogen-bond acceptors (Lipinski definition) is 6. The average Bonchev–Trinajstić information content (AvgIpc) is 2.68. The number of rotatable bonds is 5. The van der Waals surface area contributed by atoms with Gasteiger partial charge in [-0.05, 0) is 39.6 Å². The Morgan fingerprint density at radius 3 is 2.41 bits per heavy atom. The first-order chi connectivity index (χ1) is 12.6. The van der Waals surface area contributed by atoms with E-state index in [4.69, 9.17) is 14.9 Å². The molecule has 1 aliphatic rings. The number of carboxylic acid groups (broad SMARTS) is 2. The third-order valence-electron chi connectivity index (χ3n) is 3.60. The van der Waals surface area contributed by atoms with Crippen LogP contribution in [0.25, 0.3) is 0 Å². The van der Waals surface area contributed by atoms with Crippen molar-refractivity contribution in [3.05, 3.63) is 35.5 Å². The highest BCUT2D eigenvalue weighted by atomic mass is 16.5. The second-order valence-corrected chi connectivity index (χ2v) is 6.33. The number of aliphatic carboxylic acids is 2. The molecule has 0 saturated carbocycles. The molecule has 148 valence electrons. The summed E-state index contributed by atoms with van der Waals surface area (Å²) in [6.07, 6.45) is 1.98. The van der Waals surface area contributed by atoms with Gasteiger partial charge in [0.1, 0.15) is 11.7 Å². The Morgan fingerprint density at radius 2 is 1.89 bits per heavy atom. The summed E-state index contributed by atoms with van der Waals surface area (Å²) >= 11 is 0. The van der Waals surface area contributed by atoms with Gasteiger partial charge in [-0.3, -0.25) is 4.79 Å². The standard InChI is InChI=1S/C14H21N3O2.C4H4O4/c1-10-5-6-12-13(15-10)19-11(7-8-16(2)3)9-17(4)14(12)18;5-3(6)1-2-4(7)8/h5-6,11H,7-9H2,1-4H3;1-2H,(H,5,6)(H,7,8)/b;2-1+. The molecule has 1 atom stereocenters. The van der Waals surface area contributed by atoms with Gasteiger partial charge in [0, 0.05) is 31.4 Å². The Labute approximate surface area is 157 Å². The zero-order chi connectivity index (χ0) is 20.6. The maximum absolute atomic E-state index is 12.2. The van der Waals surface area contributed by atoms with Crippen LogP contribution < -0.4 is 4.74 Å². The number of ether oxygens (including phenoxy) is 1. The molecule has 0 saturated heterocycles. The molecule has 0 aliphatic carbocycles. The molecule has 0 aromatic carbocycles. The first kappa shape index (κ1) is 22.1. The van der Waals surface area contributed by atoms with Gasteiger partial charge in [-0.15, -0.1) is 0 Å². The van der Waals surface area contributed by atoms with Gasteiger partial charge >= 0.3 is 11.9 Å². The fourth-order valence-electron chi connectivity index (χ4n) is 2.27. The lowest BCUT2D eigenvalue weighted by molar-refractivity contribution is -0.134. The summed E-state index contributed by atoms with van der Waals surface area (Å²) in [6.45, 7) is 3.42. The van der Waals surface area contributed by atoms with Crippen LogP contribution in [0.15, 0.2) is 24.3 Å². The Morgan fingerprint density at radius 1 is 1.30 bits per heavy atom. The number of carbonyl (C=O) groups excluding carboxylic acids is 1. The molecule has 2 N–H and O–H groups in total. The van der Waals surface area contributed by atoms with E-state index < -0.39 is 11.9 Å². The summed E-state index contributed by atoms with van der Waals surface area (Å²) in [7, 11) is 5.87. The molecule has 9 heteroatoms. The number of aryl methyl sites for hydroxylation is 1. The number of likely N-dealkylation sites (N-methyl/N-ethyl adjacent to an activating group) is 1. The van der Waals surface area contributed by atoms with E-state index in [0.717, 1.165) is 18.7 Å². The van der Waals surface area contributed by atoms with Crippen LogP contribution in [0.4, 0.5) is 0 Å². The third-order valence-corrected chi connectivity index (χ3v) is 3.60. The topological polar surface area (TPSA) is 120 Å². The minimum Gasteiger partial charge on any atom is -0.478 e. The zero-order valence-electron chi connectivity index (χ0n) is 15.9. The zero-order valence-corrected chi connectivity index (χ0v) is 15.9. The molecule has 0 bridgehead atoms. The molecule has 2 heterocycles. The van der Waals surface area contributed by atoms with Crippen LogP contribution in [-0.4, -0.2) is 83.2 Å². The highest BCUT2D eigenvalue weighted by molar-refractivity contribution is 5.96. The Kier molecular flexibility index (Phi) is 8.40. The molecule has 1 amide bonds. The first-order valence-corrected chi connectivity index (χ1v) is 8.28. The monoisotopic (exact) mass is 379 g/mol. The highest BCUT2D eigenvalue weighted by Crippen LogP contribution is 2.23. The van der Waals surface area contributed by atoms with Crippen LogP contribution in [0.3, 0.4) is 0 Å². The van der Waals surface area contributed by atoms with E-state index >= 15 is 0 Å². The number of pyridine rings is 1. The molecule has 27 heavy (non-hydrogen) atoms. The summed E-state index contributed by atoms with van der Waals surface area (Å²) in [5.74, 6) is -2.06. The lowest BCUT2D eigenvalue weighted by Gasteiger charge is -2.21. The Hall–Kier alpha value is -2.94. The van der Waals surface area contributed by atoms with Gasteiger partial charge in [-0.1, -0.05) is 0 Å². The van der Waals surface area contributed by atoms with Crippen molar-refractivity contribution in [3.8, 4) is 5.88 Å². The average molecular weight is 379 g/mol. The number of nitrogens with zero attached hydrogens (tertiary/aromatic N) is 3. The molecular weight excluding hydrogens is 354 g/mol. The van der Waals surface area contributed by atoms with Crippen molar-refractivity contribution in [3.63, 3.8) is 0 Å². The number of amides is 1. The molecular formula is C18H25N3O6. The van der Waals surface area contributed by atoms with Crippen molar-refractivity contribution in [1.82, 2.24) is 14.8 Å². The van der Waals surface area contributed by atoms with Crippen molar-refractivity contribution in [1.29, 1.82) is 0 Å². The second-order valence-electron chi connectivity index (χ2n) is 6.33. The number of hydrogen-bond donors (Lipinski definition) is 2. The van der Waals surface area contributed by atoms with Crippen LogP contribution in [0.5, 0.6) is 5.88 Å². The summed E-state index contributed by atoms with van der Waals surface area (Å²) in [6, 6.07) is 3.64. The van der Waals surface area contributed by atoms with Crippen molar-refractivity contribution >= 4 is 17.8 Å². The van der Waals surface area contributed by atoms with Gasteiger partial charge in [0.2, 0.25) is 5.88 Å². The molecule has 2 rings (SSSR count). The Bertz CT molecular complexity index is 701. The summed E-state index contributed by atoms with van der Waals surface area (Å²) in [4.78, 5) is 39.5. The van der Waals surface area contributed by atoms with Gasteiger partial charge in [-0.2, -0.15) is 0 Å². The van der Waals surface area contributed by atoms with Gasteiger partial charge in [0.15, 0.2) is 0 Å². The molecule has 1 aliphatic heterocycles. The fourth-order valence-corrected chi connectivity index (χ4v) is 2.27. The minimum absolute atomic E-state index is 0.00750. The third kappa shape index (κ3) is 7.87. The normalized spacial score (nSPS) is 16.3. The van der Waals surface area contributed by atoms with Gasteiger partial charge in [0.05, 0.1) is 6.54 Å². The molecule has 1 unspecified atom stereocenters. The van der Waals surface area contributed by atoms with Crippen LogP contribution in [0.1, 0.15) is 22.5 Å². The van der Waals surface area contributed by atoms with Crippen molar-refractivity contribution < 1.29 is 29.3 Å². The van der Waals surface area contributed by atoms with Gasteiger partial charge < -0.3 is 24.7 Å². The van der Waals surface area contributed by atoms with Gasteiger partial charge in [0.25, 0.3) is 5.91 Å². The van der Waals surface area contributed by atoms with Crippen LogP contribution in [0.2, 0.25) is 0 Å².